The molecule has 2 N–H and O–H groups in total. The van der Waals surface area contributed by atoms with Crippen LogP contribution in [0, 0.1) is 0 Å². The molecule has 0 saturated carbocycles. The van der Waals surface area contributed by atoms with Gasteiger partial charge in [0.2, 0.25) is 21.1 Å². The van der Waals surface area contributed by atoms with E-state index in [0.29, 0.717) is 23.3 Å². The molecule has 0 aliphatic heterocycles. The number of hydrogen-bond donors (Lipinski definition) is 2. The number of amides is 1. The van der Waals surface area contributed by atoms with E-state index in [9.17, 15) is 13.2 Å². The van der Waals surface area contributed by atoms with Gasteiger partial charge in [0.15, 0.2) is 5.82 Å². The van der Waals surface area contributed by atoms with E-state index in [0.717, 1.165) is 9.87 Å². The Balaban J connectivity index is 1.73. The first-order valence-corrected chi connectivity index (χ1v) is 10.3. The normalized spacial score (nSPS) is 11.6. The molecule has 0 unspecified atom stereocenters. The van der Waals surface area contributed by atoms with Crippen molar-refractivity contribution in [3.8, 4) is 11.4 Å². The Hall–Kier alpha value is -1.91. The number of aromatic amines is 1. The molecule has 0 radical (unpaired) electrons. The number of nitrogens with one attached hydrogen (secondary N) is 2. The standard InChI is InChI=1S/C15H21N5O3S2/c1-3-25(22,23)20(2)11-13(21)16-9-10-24-15-17-14(18-19-15)12-7-5-4-6-8-12/h4-8H,3,9-11H2,1-2H3,(H,16,21)(H,17,18,19). The fraction of sp³-hybridized carbons (Fsp3) is 0.400. The Bertz CT molecular complexity index is 793. The van der Waals surface area contributed by atoms with E-state index in [2.05, 4.69) is 20.5 Å². The molecule has 1 heterocycles. The van der Waals surface area contributed by atoms with Gasteiger partial charge in [-0.05, 0) is 6.92 Å². The summed E-state index contributed by atoms with van der Waals surface area (Å²) in [5, 5.41) is 10.3. The van der Waals surface area contributed by atoms with E-state index < -0.39 is 10.0 Å². The van der Waals surface area contributed by atoms with Crippen molar-refractivity contribution >= 4 is 27.7 Å². The highest BCUT2D eigenvalue weighted by Gasteiger charge is 2.17. The van der Waals surface area contributed by atoms with Gasteiger partial charge in [-0.2, -0.15) is 4.31 Å². The first-order chi connectivity index (χ1) is 11.9. The molecule has 0 spiro atoms. The third-order valence-corrected chi connectivity index (χ3v) is 6.03. The number of hydrogen-bond acceptors (Lipinski definition) is 6. The molecule has 25 heavy (non-hydrogen) atoms. The zero-order valence-corrected chi connectivity index (χ0v) is 15.7. The van der Waals surface area contributed by atoms with Crippen LogP contribution in [0.15, 0.2) is 35.5 Å². The number of thioether (sulfide) groups is 1. The quantitative estimate of drug-likeness (QED) is 0.493. The van der Waals surface area contributed by atoms with Crippen LogP contribution < -0.4 is 5.32 Å². The second kappa shape index (κ2) is 8.97. The van der Waals surface area contributed by atoms with Crippen molar-refractivity contribution in [3.05, 3.63) is 30.3 Å². The molecule has 8 nitrogen and oxygen atoms in total. The zero-order valence-electron chi connectivity index (χ0n) is 14.1. The third kappa shape index (κ3) is 5.83. The van der Waals surface area contributed by atoms with Crippen LogP contribution in [0.1, 0.15) is 6.92 Å². The highest BCUT2D eigenvalue weighted by molar-refractivity contribution is 7.99. The van der Waals surface area contributed by atoms with E-state index in [4.69, 9.17) is 0 Å². The second-order valence-corrected chi connectivity index (χ2v) is 8.61. The van der Waals surface area contributed by atoms with Crippen molar-refractivity contribution in [2.24, 2.45) is 0 Å². The van der Waals surface area contributed by atoms with Gasteiger partial charge in [0.1, 0.15) is 0 Å². The van der Waals surface area contributed by atoms with Gasteiger partial charge in [0.25, 0.3) is 0 Å². The summed E-state index contributed by atoms with van der Waals surface area (Å²) in [5.74, 6) is 0.919. The summed E-state index contributed by atoms with van der Waals surface area (Å²) < 4.78 is 24.2. The predicted octanol–water partition coefficient (Wildman–Crippen LogP) is 0.961. The maximum Gasteiger partial charge on any atom is 0.235 e. The van der Waals surface area contributed by atoms with Crippen molar-refractivity contribution in [2.45, 2.75) is 12.1 Å². The molecular weight excluding hydrogens is 362 g/mol. The molecule has 1 amide bonds. The van der Waals surface area contributed by atoms with Gasteiger partial charge in [0.05, 0.1) is 12.3 Å². The van der Waals surface area contributed by atoms with E-state index in [1.807, 2.05) is 30.3 Å². The summed E-state index contributed by atoms with van der Waals surface area (Å²) in [7, 11) is -1.95. The molecule has 2 rings (SSSR count). The van der Waals surface area contributed by atoms with Gasteiger partial charge in [-0.15, -0.1) is 5.10 Å². The molecule has 10 heteroatoms. The van der Waals surface area contributed by atoms with Gasteiger partial charge in [-0.1, -0.05) is 42.1 Å². The maximum atomic E-state index is 11.8. The largest absolute Gasteiger partial charge is 0.354 e. The van der Waals surface area contributed by atoms with Gasteiger partial charge in [-0.25, -0.2) is 13.4 Å². The topological polar surface area (TPSA) is 108 Å². The molecule has 136 valence electrons. The number of nitrogens with zero attached hydrogens (tertiary/aromatic N) is 3. The number of sulfonamides is 1. The maximum absolute atomic E-state index is 11.8. The third-order valence-electron chi connectivity index (χ3n) is 3.37. The smallest absolute Gasteiger partial charge is 0.235 e. The monoisotopic (exact) mass is 383 g/mol. The van der Waals surface area contributed by atoms with Crippen molar-refractivity contribution < 1.29 is 13.2 Å². The summed E-state index contributed by atoms with van der Waals surface area (Å²) >= 11 is 1.41. The highest BCUT2D eigenvalue weighted by Crippen LogP contribution is 2.18. The second-order valence-electron chi connectivity index (χ2n) is 5.19. The van der Waals surface area contributed by atoms with Crippen molar-refractivity contribution in [1.82, 2.24) is 24.8 Å². The number of aromatic nitrogens is 3. The van der Waals surface area contributed by atoms with E-state index in [-0.39, 0.29) is 18.2 Å². The van der Waals surface area contributed by atoms with Crippen LogP contribution in [-0.2, 0) is 14.8 Å². The minimum absolute atomic E-state index is 0.0266. The first-order valence-electron chi connectivity index (χ1n) is 7.73. The Morgan fingerprint density at radius 2 is 2.04 bits per heavy atom. The number of H-pyrrole nitrogens is 1. The van der Waals surface area contributed by atoms with Crippen LogP contribution in [0.2, 0.25) is 0 Å². The van der Waals surface area contributed by atoms with Gasteiger partial charge >= 0.3 is 0 Å². The van der Waals surface area contributed by atoms with Crippen LogP contribution in [0.25, 0.3) is 11.4 Å². The predicted molar refractivity (Wildman–Crippen MR) is 97.6 cm³/mol. The fourth-order valence-corrected chi connectivity index (χ4v) is 3.35. The molecule has 0 aliphatic carbocycles. The van der Waals surface area contributed by atoms with E-state index in [1.165, 1.54) is 18.8 Å². The average molecular weight is 383 g/mol. The SMILES string of the molecule is CCS(=O)(=O)N(C)CC(=O)NCCSc1n[nH]c(-c2ccccc2)n1. The molecule has 2 aromatic rings. The van der Waals surface area contributed by atoms with Crippen molar-refractivity contribution in [3.63, 3.8) is 0 Å². The lowest BCUT2D eigenvalue weighted by molar-refractivity contribution is -0.121. The molecule has 0 atom stereocenters. The average Bonchev–Trinajstić information content (AvgIpc) is 3.08. The van der Waals surface area contributed by atoms with Crippen LogP contribution in [0.4, 0.5) is 0 Å². The number of benzene rings is 1. The Kier molecular flexibility index (Phi) is 6.97. The number of carbonyl (C=O) groups excluding carboxylic acids is 1. The summed E-state index contributed by atoms with van der Waals surface area (Å²) in [6.07, 6.45) is 0. The molecule has 1 aromatic heterocycles. The molecule has 0 fully saturated rings. The highest BCUT2D eigenvalue weighted by atomic mass is 32.2. The molecule has 1 aromatic carbocycles. The zero-order chi connectivity index (χ0) is 18.3. The molecule has 0 saturated heterocycles. The van der Waals surface area contributed by atoms with Gasteiger partial charge < -0.3 is 5.32 Å². The number of carbonyl (C=O) groups is 1. The van der Waals surface area contributed by atoms with Crippen LogP contribution in [-0.4, -0.2) is 65.5 Å². The molecule has 0 aliphatic rings. The summed E-state index contributed by atoms with van der Waals surface area (Å²) in [6, 6.07) is 9.67. The number of rotatable bonds is 9. The van der Waals surface area contributed by atoms with E-state index in [1.54, 1.807) is 6.92 Å². The van der Waals surface area contributed by atoms with Crippen LogP contribution in [0.5, 0.6) is 0 Å². The van der Waals surface area contributed by atoms with Gasteiger partial charge in [-0.3, -0.25) is 9.89 Å². The molecule has 0 bridgehead atoms. The van der Waals surface area contributed by atoms with Crippen molar-refractivity contribution in [2.75, 3.05) is 31.6 Å². The number of likely N-dealkylation sites (N-methyl/N-ethyl adjacent to an activating group) is 1. The molecular formula is C15H21N5O3S2. The minimum Gasteiger partial charge on any atom is -0.354 e. The summed E-state index contributed by atoms with van der Waals surface area (Å²) in [5.41, 5.74) is 0.954. The Labute approximate surface area is 151 Å². The summed E-state index contributed by atoms with van der Waals surface area (Å²) in [6.45, 7) is 1.76. The summed E-state index contributed by atoms with van der Waals surface area (Å²) in [4.78, 5) is 16.1. The van der Waals surface area contributed by atoms with Crippen LogP contribution >= 0.6 is 11.8 Å². The van der Waals surface area contributed by atoms with Crippen LogP contribution in [0.3, 0.4) is 0 Å². The lowest BCUT2D eigenvalue weighted by Gasteiger charge is -2.15. The lowest BCUT2D eigenvalue weighted by Crippen LogP contribution is -2.39. The lowest BCUT2D eigenvalue weighted by atomic mass is 10.2. The Morgan fingerprint density at radius 1 is 1.32 bits per heavy atom. The first kappa shape index (κ1) is 19.4. The van der Waals surface area contributed by atoms with Crippen molar-refractivity contribution in [1.29, 1.82) is 0 Å². The fourth-order valence-electron chi connectivity index (χ4n) is 1.95. The Morgan fingerprint density at radius 3 is 2.72 bits per heavy atom. The minimum atomic E-state index is -3.35. The van der Waals surface area contributed by atoms with Gasteiger partial charge in [0, 0.05) is 24.9 Å². The van der Waals surface area contributed by atoms with E-state index >= 15 is 0 Å².